The minimum Gasteiger partial charge on any atom is -0.401 e. The lowest BCUT2D eigenvalue weighted by Crippen LogP contribution is -1.88. The molecule has 0 spiro atoms. The molecular weight excluding hydrogens is 276 g/mol. The van der Waals surface area contributed by atoms with E-state index in [1.807, 2.05) is 60.7 Å². The molecule has 2 aromatic carbocycles. The Morgan fingerprint density at radius 2 is 1.64 bits per heavy atom. The highest BCUT2D eigenvalue weighted by molar-refractivity contribution is 5.92. The van der Waals surface area contributed by atoms with E-state index in [1.54, 1.807) is 6.20 Å². The highest BCUT2D eigenvalue weighted by atomic mass is 16.4. The lowest BCUT2D eigenvalue weighted by Gasteiger charge is -2.01. The Bertz CT molecular complexity index is 913. The van der Waals surface area contributed by atoms with Gasteiger partial charge in [0.05, 0.1) is 0 Å². The van der Waals surface area contributed by atoms with Gasteiger partial charge in [-0.3, -0.25) is 4.98 Å². The highest BCUT2D eigenvalue weighted by Gasteiger charge is 2.12. The summed E-state index contributed by atoms with van der Waals surface area (Å²) in [5, 5.41) is 13.3. The molecule has 0 amide bonds. The van der Waals surface area contributed by atoms with Gasteiger partial charge in [0.25, 0.3) is 5.89 Å². The van der Waals surface area contributed by atoms with Crippen LogP contribution in [-0.2, 0) is 0 Å². The molecule has 5 nitrogen and oxygen atoms in total. The predicted octanol–water partition coefficient (Wildman–Crippen LogP) is 4.03. The zero-order chi connectivity index (χ0) is 14.8. The van der Waals surface area contributed by atoms with Crippen LogP contribution in [0.25, 0.3) is 22.4 Å². The van der Waals surface area contributed by atoms with Crippen molar-refractivity contribution >= 4 is 22.5 Å². The van der Waals surface area contributed by atoms with E-state index in [0.717, 1.165) is 16.5 Å². The Kier molecular flexibility index (Phi) is 3.01. The molecule has 0 saturated heterocycles. The summed E-state index contributed by atoms with van der Waals surface area (Å²) in [6, 6.07) is 20.0. The zero-order valence-corrected chi connectivity index (χ0v) is 11.6. The maximum absolute atomic E-state index is 5.69. The van der Waals surface area contributed by atoms with Crippen LogP contribution in [0.4, 0.5) is 11.7 Å². The van der Waals surface area contributed by atoms with E-state index in [9.17, 15) is 0 Å². The Morgan fingerprint density at radius 3 is 2.55 bits per heavy atom. The maximum Gasteiger partial charge on any atom is 0.320 e. The second kappa shape index (κ2) is 5.29. The van der Waals surface area contributed by atoms with Crippen molar-refractivity contribution in [2.45, 2.75) is 0 Å². The Labute approximate surface area is 126 Å². The summed E-state index contributed by atoms with van der Waals surface area (Å²) in [6.07, 6.45) is 1.74. The maximum atomic E-state index is 5.69. The number of para-hydroxylation sites is 1. The first-order valence-corrected chi connectivity index (χ1v) is 6.90. The molecule has 1 N–H and O–H groups in total. The van der Waals surface area contributed by atoms with Gasteiger partial charge in [0.15, 0.2) is 0 Å². The summed E-state index contributed by atoms with van der Waals surface area (Å²) in [7, 11) is 0. The molecule has 0 bridgehead atoms. The largest absolute Gasteiger partial charge is 0.401 e. The van der Waals surface area contributed by atoms with Crippen LogP contribution in [0.1, 0.15) is 0 Å². The molecule has 106 valence electrons. The average molecular weight is 288 g/mol. The van der Waals surface area contributed by atoms with Crippen LogP contribution in [0.5, 0.6) is 0 Å². The van der Waals surface area contributed by atoms with E-state index in [2.05, 4.69) is 20.5 Å². The second-order valence-electron chi connectivity index (χ2n) is 4.78. The third kappa shape index (κ3) is 2.29. The monoisotopic (exact) mass is 288 g/mol. The van der Waals surface area contributed by atoms with E-state index in [1.165, 1.54) is 0 Å². The molecule has 0 fully saturated rings. The van der Waals surface area contributed by atoms with Gasteiger partial charge in [-0.1, -0.05) is 47.6 Å². The second-order valence-corrected chi connectivity index (χ2v) is 4.78. The minimum absolute atomic E-state index is 0.343. The molecular formula is C17H12N4O. The number of pyridine rings is 1. The van der Waals surface area contributed by atoms with Crippen LogP contribution in [0.2, 0.25) is 0 Å². The van der Waals surface area contributed by atoms with Crippen molar-refractivity contribution < 1.29 is 4.42 Å². The first kappa shape index (κ1) is 12.5. The van der Waals surface area contributed by atoms with Gasteiger partial charge in [-0.15, -0.1) is 5.10 Å². The third-order valence-corrected chi connectivity index (χ3v) is 3.33. The zero-order valence-electron chi connectivity index (χ0n) is 11.6. The van der Waals surface area contributed by atoms with Crippen molar-refractivity contribution in [1.29, 1.82) is 0 Å². The van der Waals surface area contributed by atoms with E-state index in [4.69, 9.17) is 4.42 Å². The summed E-state index contributed by atoms with van der Waals surface area (Å²) in [6.45, 7) is 0. The van der Waals surface area contributed by atoms with E-state index < -0.39 is 0 Å². The first-order chi connectivity index (χ1) is 10.9. The molecule has 0 aliphatic carbocycles. The van der Waals surface area contributed by atoms with Crippen LogP contribution in [-0.4, -0.2) is 15.2 Å². The van der Waals surface area contributed by atoms with Gasteiger partial charge in [-0.2, -0.15) is 0 Å². The van der Waals surface area contributed by atoms with Crippen LogP contribution < -0.4 is 5.32 Å². The number of benzene rings is 2. The third-order valence-electron chi connectivity index (χ3n) is 3.33. The Balaban J connectivity index is 1.71. The minimum atomic E-state index is 0.343. The summed E-state index contributed by atoms with van der Waals surface area (Å²) < 4.78 is 5.69. The molecule has 4 aromatic rings. The van der Waals surface area contributed by atoms with Gasteiger partial charge in [0.2, 0.25) is 0 Å². The first-order valence-electron chi connectivity index (χ1n) is 6.90. The van der Waals surface area contributed by atoms with E-state index >= 15 is 0 Å². The summed E-state index contributed by atoms with van der Waals surface area (Å²) >= 11 is 0. The molecule has 0 saturated carbocycles. The molecule has 2 heterocycles. The molecule has 5 heteroatoms. The quantitative estimate of drug-likeness (QED) is 0.616. The van der Waals surface area contributed by atoms with Gasteiger partial charge in [-0.05, 0) is 23.6 Å². The Hall–Kier alpha value is -3.21. The number of fused-ring (bicyclic) bond motifs is 1. The van der Waals surface area contributed by atoms with Crippen molar-refractivity contribution in [2.75, 3.05) is 5.32 Å². The van der Waals surface area contributed by atoms with E-state index in [-0.39, 0.29) is 0 Å². The van der Waals surface area contributed by atoms with Gasteiger partial charge < -0.3 is 9.73 Å². The van der Waals surface area contributed by atoms with Gasteiger partial charge in [0.1, 0.15) is 5.69 Å². The lowest BCUT2D eigenvalue weighted by molar-refractivity contribution is 0.586. The number of hydrogen-bond acceptors (Lipinski definition) is 5. The standard InChI is InChI=1S/C17H12N4O/c1-2-7-13(8-3-1)19-17-21-20-16(22-17)15-14-9-5-4-6-12(14)10-11-18-15/h1-11H,(H,19,21). The van der Waals surface area contributed by atoms with Crippen molar-refractivity contribution in [2.24, 2.45) is 0 Å². The number of aromatic nitrogens is 3. The number of anilines is 2. The molecule has 4 rings (SSSR count). The Morgan fingerprint density at radius 1 is 0.818 bits per heavy atom. The SMILES string of the molecule is c1ccc(Nc2nnc(-c3nccc4ccccc34)o2)cc1. The molecule has 0 atom stereocenters. The topological polar surface area (TPSA) is 63.8 Å². The lowest BCUT2D eigenvalue weighted by atomic mass is 10.1. The number of nitrogens with one attached hydrogen (secondary N) is 1. The van der Waals surface area contributed by atoms with Crippen molar-refractivity contribution in [1.82, 2.24) is 15.2 Å². The van der Waals surface area contributed by atoms with E-state index in [0.29, 0.717) is 17.6 Å². The van der Waals surface area contributed by atoms with Crippen LogP contribution in [0, 0.1) is 0 Å². The van der Waals surface area contributed by atoms with Gasteiger partial charge in [-0.25, -0.2) is 0 Å². The summed E-state index contributed by atoms with van der Waals surface area (Å²) in [4.78, 5) is 4.37. The van der Waals surface area contributed by atoms with Crippen molar-refractivity contribution in [3.05, 3.63) is 66.9 Å². The molecule has 0 unspecified atom stereocenters. The molecule has 22 heavy (non-hydrogen) atoms. The molecule has 0 radical (unpaired) electrons. The van der Waals surface area contributed by atoms with Crippen molar-refractivity contribution in [3.63, 3.8) is 0 Å². The fourth-order valence-electron chi connectivity index (χ4n) is 2.30. The van der Waals surface area contributed by atoms with Crippen molar-refractivity contribution in [3.8, 4) is 11.6 Å². The molecule has 0 aliphatic rings. The van der Waals surface area contributed by atoms with Crippen LogP contribution in [0.15, 0.2) is 71.3 Å². The average Bonchev–Trinajstić information content (AvgIpc) is 3.03. The highest BCUT2D eigenvalue weighted by Crippen LogP contribution is 2.26. The van der Waals surface area contributed by atoms with Crippen LogP contribution in [0.3, 0.4) is 0 Å². The van der Waals surface area contributed by atoms with Crippen LogP contribution >= 0.6 is 0 Å². The molecule has 2 aromatic heterocycles. The number of nitrogens with zero attached hydrogens (tertiary/aromatic N) is 3. The number of rotatable bonds is 3. The smallest absolute Gasteiger partial charge is 0.320 e. The van der Waals surface area contributed by atoms with Gasteiger partial charge in [0, 0.05) is 17.3 Å². The van der Waals surface area contributed by atoms with Gasteiger partial charge >= 0.3 is 6.01 Å². The normalized spacial score (nSPS) is 10.7. The predicted molar refractivity (Wildman–Crippen MR) is 84.8 cm³/mol. The summed E-state index contributed by atoms with van der Waals surface area (Å²) in [5.41, 5.74) is 1.58. The molecule has 0 aliphatic heterocycles. The fourth-order valence-corrected chi connectivity index (χ4v) is 2.30. The fraction of sp³-hybridized carbons (Fsp3) is 0. The summed E-state index contributed by atoms with van der Waals surface area (Å²) in [5.74, 6) is 0.398. The number of hydrogen-bond donors (Lipinski definition) is 1.